The van der Waals surface area contributed by atoms with Crippen molar-refractivity contribution in [3.63, 3.8) is 0 Å². The number of hydrogen-bond acceptors (Lipinski definition) is 4. The van der Waals surface area contributed by atoms with Gasteiger partial charge in [0.1, 0.15) is 0 Å². The number of carbonyl (C=O) groups is 1. The Balaban J connectivity index is 1.70. The summed E-state index contributed by atoms with van der Waals surface area (Å²) in [5, 5.41) is 8.73. The molecule has 0 bridgehead atoms. The summed E-state index contributed by atoms with van der Waals surface area (Å²) in [5.41, 5.74) is 3.48. The van der Waals surface area contributed by atoms with Crippen molar-refractivity contribution in [1.82, 2.24) is 4.98 Å². The SMILES string of the molecule is O=C(O)CCCCCC/C=C(\c1ccc(NS(=O)(=O)c2ccccc2)cc1)c1cccnc1. The standard InChI is InChI=1S/C26H28N2O4S/c29-26(30)14-8-3-1-2-7-13-25(22-10-9-19-27-20-22)21-15-17-23(18-16-21)28-33(31,32)24-11-5-4-6-12-24/h4-6,9-13,15-20,28H,1-3,7-8,14H2,(H,29,30)/b25-13+. The lowest BCUT2D eigenvalue weighted by Crippen LogP contribution is -2.12. The molecule has 33 heavy (non-hydrogen) atoms. The first-order chi connectivity index (χ1) is 16.0. The summed E-state index contributed by atoms with van der Waals surface area (Å²) in [6.45, 7) is 0. The molecule has 0 unspecified atom stereocenters. The lowest BCUT2D eigenvalue weighted by molar-refractivity contribution is -0.137. The molecule has 0 saturated carbocycles. The minimum atomic E-state index is -3.64. The van der Waals surface area contributed by atoms with Gasteiger partial charge in [0.2, 0.25) is 0 Å². The van der Waals surface area contributed by atoms with Crippen molar-refractivity contribution in [3.8, 4) is 0 Å². The Bertz CT molecular complexity index is 1160. The van der Waals surface area contributed by atoms with E-state index in [4.69, 9.17) is 5.11 Å². The number of rotatable bonds is 12. The van der Waals surface area contributed by atoms with Gasteiger partial charge in [0, 0.05) is 30.1 Å². The third-order valence-corrected chi connectivity index (χ3v) is 6.56. The first kappa shape index (κ1) is 24.2. The first-order valence-corrected chi connectivity index (χ1v) is 12.4. The van der Waals surface area contributed by atoms with Crippen LogP contribution in [0.2, 0.25) is 0 Å². The number of aliphatic carboxylic acids is 1. The fourth-order valence-corrected chi connectivity index (χ4v) is 4.56. The maximum Gasteiger partial charge on any atom is 0.303 e. The van der Waals surface area contributed by atoms with Gasteiger partial charge in [-0.05, 0) is 60.7 Å². The molecule has 2 aromatic carbocycles. The second kappa shape index (κ2) is 12.0. The molecule has 0 fully saturated rings. The molecular weight excluding hydrogens is 436 g/mol. The zero-order chi connectivity index (χ0) is 23.5. The molecule has 3 rings (SSSR count). The summed E-state index contributed by atoms with van der Waals surface area (Å²) in [7, 11) is -3.64. The third kappa shape index (κ3) is 7.57. The number of hydrogen-bond donors (Lipinski definition) is 2. The summed E-state index contributed by atoms with van der Waals surface area (Å²) in [4.78, 5) is 15.1. The predicted octanol–water partition coefficient (Wildman–Crippen LogP) is 5.74. The number of benzene rings is 2. The van der Waals surface area contributed by atoms with Gasteiger partial charge in [0.05, 0.1) is 4.90 Å². The van der Waals surface area contributed by atoms with Gasteiger partial charge in [-0.3, -0.25) is 14.5 Å². The molecule has 0 radical (unpaired) electrons. The maximum atomic E-state index is 12.6. The van der Waals surface area contributed by atoms with Gasteiger partial charge in [-0.1, -0.05) is 55.3 Å². The molecule has 1 aromatic heterocycles. The number of unbranched alkanes of at least 4 members (excludes halogenated alkanes) is 4. The summed E-state index contributed by atoms with van der Waals surface area (Å²) >= 11 is 0. The van der Waals surface area contributed by atoms with Crippen molar-refractivity contribution in [1.29, 1.82) is 0 Å². The second-order valence-corrected chi connectivity index (χ2v) is 9.38. The van der Waals surface area contributed by atoms with E-state index in [1.54, 1.807) is 48.7 Å². The van der Waals surface area contributed by atoms with E-state index >= 15 is 0 Å². The molecule has 0 atom stereocenters. The average molecular weight is 465 g/mol. The molecule has 0 aliphatic heterocycles. The number of nitrogens with one attached hydrogen (secondary N) is 1. The Labute approximate surface area is 195 Å². The van der Waals surface area contributed by atoms with Crippen molar-refractivity contribution in [2.45, 2.75) is 43.4 Å². The van der Waals surface area contributed by atoms with Gasteiger partial charge in [-0.25, -0.2) is 8.42 Å². The molecule has 1 heterocycles. The van der Waals surface area contributed by atoms with Crippen molar-refractivity contribution in [2.75, 3.05) is 4.72 Å². The van der Waals surface area contributed by atoms with Crippen LogP contribution in [-0.4, -0.2) is 24.5 Å². The van der Waals surface area contributed by atoms with Crippen LogP contribution in [-0.2, 0) is 14.8 Å². The summed E-state index contributed by atoms with van der Waals surface area (Å²) < 4.78 is 27.7. The number of anilines is 1. The van der Waals surface area contributed by atoms with Crippen LogP contribution in [0.5, 0.6) is 0 Å². The monoisotopic (exact) mass is 464 g/mol. The van der Waals surface area contributed by atoms with Crippen LogP contribution in [0.4, 0.5) is 5.69 Å². The zero-order valence-corrected chi connectivity index (χ0v) is 19.2. The van der Waals surface area contributed by atoms with E-state index in [1.807, 2.05) is 30.5 Å². The smallest absolute Gasteiger partial charge is 0.303 e. The van der Waals surface area contributed by atoms with E-state index < -0.39 is 16.0 Å². The topological polar surface area (TPSA) is 96.4 Å². The van der Waals surface area contributed by atoms with Crippen molar-refractivity contribution >= 4 is 27.3 Å². The molecule has 7 heteroatoms. The van der Waals surface area contributed by atoms with Gasteiger partial charge in [0.15, 0.2) is 0 Å². The molecule has 6 nitrogen and oxygen atoms in total. The lowest BCUT2D eigenvalue weighted by Gasteiger charge is -2.11. The Morgan fingerprint density at radius 3 is 2.27 bits per heavy atom. The quantitative estimate of drug-likeness (QED) is 0.333. The van der Waals surface area contributed by atoms with Crippen LogP contribution in [0.25, 0.3) is 5.57 Å². The van der Waals surface area contributed by atoms with Crippen molar-refractivity contribution in [2.24, 2.45) is 0 Å². The largest absolute Gasteiger partial charge is 0.481 e. The predicted molar refractivity (Wildman–Crippen MR) is 130 cm³/mol. The van der Waals surface area contributed by atoms with Crippen LogP contribution in [0.3, 0.4) is 0 Å². The fraction of sp³-hybridized carbons (Fsp3) is 0.231. The lowest BCUT2D eigenvalue weighted by atomic mass is 9.97. The van der Waals surface area contributed by atoms with Gasteiger partial charge in [-0.2, -0.15) is 0 Å². The van der Waals surface area contributed by atoms with E-state index in [-0.39, 0.29) is 11.3 Å². The number of pyridine rings is 1. The highest BCUT2D eigenvalue weighted by atomic mass is 32.2. The van der Waals surface area contributed by atoms with Gasteiger partial charge in [0.25, 0.3) is 10.0 Å². The molecule has 0 saturated heterocycles. The minimum Gasteiger partial charge on any atom is -0.481 e. The highest BCUT2D eigenvalue weighted by Crippen LogP contribution is 2.26. The number of nitrogens with zero attached hydrogens (tertiary/aromatic N) is 1. The van der Waals surface area contributed by atoms with Crippen LogP contribution in [0, 0.1) is 0 Å². The first-order valence-electron chi connectivity index (χ1n) is 11.0. The van der Waals surface area contributed by atoms with E-state index in [1.165, 1.54) is 0 Å². The third-order valence-electron chi connectivity index (χ3n) is 5.17. The van der Waals surface area contributed by atoms with E-state index in [0.29, 0.717) is 12.1 Å². The average Bonchev–Trinajstić information content (AvgIpc) is 2.82. The number of aromatic nitrogens is 1. The fourth-order valence-electron chi connectivity index (χ4n) is 3.48. The summed E-state index contributed by atoms with van der Waals surface area (Å²) in [5.74, 6) is -0.747. The normalized spacial score (nSPS) is 11.8. The maximum absolute atomic E-state index is 12.6. The number of allylic oxidation sites excluding steroid dienone is 1. The summed E-state index contributed by atoms with van der Waals surface area (Å²) in [6.07, 6.45) is 10.3. The second-order valence-electron chi connectivity index (χ2n) is 7.70. The van der Waals surface area contributed by atoms with Gasteiger partial charge >= 0.3 is 5.97 Å². The zero-order valence-electron chi connectivity index (χ0n) is 18.4. The molecule has 0 aliphatic carbocycles. The van der Waals surface area contributed by atoms with Crippen molar-refractivity contribution < 1.29 is 18.3 Å². The minimum absolute atomic E-state index is 0.216. The van der Waals surface area contributed by atoms with E-state index in [0.717, 1.165) is 42.4 Å². The van der Waals surface area contributed by atoms with Crippen LogP contribution >= 0.6 is 0 Å². The molecule has 0 aliphatic rings. The summed E-state index contributed by atoms with van der Waals surface area (Å²) in [6, 6.07) is 19.5. The van der Waals surface area contributed by atoms with E-state index in [9.17, 15) is 13.2 Å². The van der Waals surface area contributed by atoms with Crippen LogP contribution in [0.15, 0.2) is 90.1 Å². The Morgan fingerprint density at radius 2 is 1.61 bits per heavy atom. The number of carboxylic acids is 1. The van der Waals surface area contributed by atoms with Crippen LogP contribution < -0.4 is 4.72 Å². The molecule has 2 N–H and O–H groups in total. The Hall–Kier alpha value is -3.45. The Kier molecular flexibility index (Phi) is 8.78. The van der Waals surface area contributed by atoms with Crippen LogP contribution in [0.1, 0.15) is 49.7 Å². The molecule has 3 aromatic rings. The van der Waals surface area contributed by atoms with E-state index in [2.05, 4.69) is 15.8 Å². The number of carboxylic acid groups (broad SMARTS) is 1. The highest BCUT2D eigenvalue weighted by molar-refractivity contribution is 7.92. The van der Waals surface area contributed by atoms with Gasteiger partial charge < -0.3 is 5.11 Å². The molecule has 172 valence electrons. The molecule has 0 amide bonds. The van der Waals surface area contributed by atoms with Crippen molar-refractivity contribution in [3.05, 3.63) is 96.3 Å². The molecule has 0 spiro atoms. The van der Waals surface area contributed by atoms with Gasteiger partial charge in [-0.15, -0.1) is 0 Å². The molecular formula is C26H28N2O4S. The Morgan fingerprint density at radius 1 is 0.879 bits per heavy atom. The highest BCUT2D eigenvalue weighted by Gasteiger charge is 2.13. The number of sulfonamides is 1.